The fraction of sp³-hybridized carbons (Fsp3) is 0.692. The summed E-state index contributed by atoms with van der Waals surface area (Å²) in [5, 5.41) is 3.20. The predicted octanol–water partition coefficient (Wildman–Crippen LogP) is 2.24. The normalized spacial score (nSPS) is 13.3. The van der Waals surface area contributed by atoms with Gasteiger partial charge in [0.2, 0.25) is 0 Å². The molecule has 0 spiro atoms. The molecule has 1 aromatic heterocycles. The molecule has 98 valence electrons. The molecule has 0 fully saturated rings. The molecule has 0 aromatic carbocycles. The van der Waals surface area contributed by atoms with E-state index in [9.17, 15) is 0 Å². The molecule has 1 atom stereocenters. The molecule has 0 amide bonds. The zero-order valence-corrected chi connectivity index (χ0v) is 12.4. The molecule has 1 rings (SSSR count). The summed E-state index contributed by atoms with van der Waals surface area (Å²) in [5.74, 6) is 0. The van der Waals surface area contributed by atoms with Crippen LogP contribution < -0.4 is 5.32 Å². The smallest absolute Gasteiger partial charge is 0.0615 e. The third-order valence-electron chi connectivity index (χ3n) is 3.00. The summed E-state index contributed by atoms with van der Waals surface area (Å²) in [7, 11) is 5.89. The summed E-state index contributed by atoms with van der Waals surface area (Å²) in [6, 6.07) is 2.76. The van der Waals surface area contributed by atoms with Crippen LogP contribution in [-0.4, -0.2) is 38.8 Å². The van der Waals surface area contributed by atoms with Crippen LogP contribution in [-0.2, 0) is 17.8 Å². The van der Waals surface area contributed by atoms with Crippen molar-refractivity contribution in [3.05, 3.63) is 21.4 Å². The molecule has 0 aliphatic rings. The lowest BCUT2D eigenvalue weighted by Gasteiger charge is -2.23. The van der Waals surface area contributed by atoms with E-state index in [1.54, 1.807) is 7.11 Å². The molecule has 0 radical (unpaired) electrons. The number of nitrogens with one attached hydrogen (secondary N) is 1. The van der Waals surface area contributed by atoms with Gasteiger partial charge >= 0.3 is 0 Å². The molecule has 0 bridgehead atoms. The summed E-state index contributed by atoms with van der Waals surface area (Å²) in [6.45, 7) is 7.14. The quantitative estimate of drug-likeness (QED) is 0.810. The van der Waals surface area contributed by atoms with Gasteiger partial charge in [-0.25, -0.2) is 0 Å². The van der Waals surface area contributed by atoms with Crippen LogP contribution in [0.15, 0.2) is 6.07 Å². The van der Waals surface area contributed by atoms with Crippen LogP contribution in [0, 0.1) is 6.92 Å². The standard InChI is InChI=1S/C13H24N2OS/c1-10(9-16-5)15(4)8-12-6-13(7-14-3)17-11(12)2/h6,10,14H,7-9H2,1-5H3. The second-order valence-corrected chi connectivity index (χ2v) is 5.88. The molecule has 0 aliphatic carbocycles. The Morgan fingerprint density at radius 2 is 2.24 bits per heavy atom. The first-order chi connectivity index (χ1) is 8.08. The highest BCUT2D eigenvalue weighted by Gasteiger charge is 2.12. The van der Waals surface area contributed by atoms with Gasteiger partial charge in [0.15, 0.2) is 0 Å². The van der Waals surface area contributed by atoms with E-state index >= 15 is 0 Å². The van der Waals surface area contributed by atoms with Gasteiger partial charge in [-0.3, -0.25) is 4.90 Å². The van der Waals surface area contributed by atoms with Crippen molar-refractivity contribution in [2.75, 3.05) is 27.8 Å². The van der Waals surface area contributed by atoms with Crippen molar-refractivity contribution < 1.29 is 4.74 Å². The van der Waals surface area contributed by atoms with Gasteiger partial charge in [-0.1, -0.05) is 0 Å². The number of ether oxygens (including phenoxy) is 1. The summed E-state index contributed by atoms with van der Waals surface area (Å²) in [6.07, 6.45) is 0. The maximum atomic E-state index is 5.19. The van der Waals surface area contributed by atoms with Gasteiger partial charge in [0.25, 0.3) is 0 Å². The highest BCUT2D eigenvalue weighted by molar-refractivity contribution is 7.12. The SMILES string of the molecule is CNCc1cc(CN(C)C(C)COC)c(C)s1. The zero-order chi connectivity index (χ0) is 12.8. The maximum absolute atomic E-state index is 5.19. The number of hydrogen-bond acceptors (Lipinski definition) is 4. The van der Waals surface area contributed by atoms with Crippen LogP contribution in [0.1, 0.15) is 22.2 Å². The molecule has 1 heterocycles. The molecule has 4 heteroatoms. The van der Waals surface area contributed by atoms with E-state index < -0.39 is 0 Å². The van der Waals surface area contributed by atoms with Crippen molar-refractivity contribution in [1.82, 2.24) is 10.2 Å². The molecular formula is C13H24N2OS. The topological polar surface area (TPSA) is 24.5 Å². The van der Waals surface area contributed by atoms with E-state index in [0.29, 0.717) is 6.04 Å². The minimum atomic E-state index is 0.451. The number of hydrogen-bond donors (Lipinski definition) is 1. The number of rotatable bonds is 7. The van der Waals surface area contributed by atoms with E-state index in [-0.39, 0.29) is 0 Å². The number of likely N-dealkylation sites (N-methyl/N-ethyl adjacent to an activating group) is 1. The monoisotopic (exact) mass is 256 g/mol. The first kappa shape index (κ1) is 14.6. The predicted molar refractivity (Wildman–Crippen MR) is 74.6 cm³/mol. The van der Waals surface area contributed by atoms with Crippen LogP contribution in [0.3, 0.4) is 0 Å². The van der Waals surface area contributed by atoms with Crippen molar-refractivity contribution in [1.29, 1.82) is 0 Å². The molecule has 1 N–H and O–H groups in total. The Labute approximate surface area is 109 Å². The van der Waals surface area contributed by atoms with Gasteiger partial charge in [0.05, 0.1) is 6.61 Å². The largest absolute Gasteiger partial charge is 0.383 e. The second-order valence-electron chi connectivity index (χ2n) is 4.54. The van der Waals surface area contributed by atoms with Crippen molar-refractivity contribution in [3.8, 4) is 0 Å². The van der Waals surface area contributed by atoms with Crippen molar-refractivity contribution in [2.24, 2.45) is 0 Å². The Morgan fingerprint density at radius 3 is 2.82 bits per heavy atom. The Morgan fingerprint density at radius 1 is 1.53 bits per heavy atom. The Bertz CT molecular complexity index is 338. The molecule has 17 heavy (non-hydrogen) atoms. The number of aryl methyl sites for hydroxylation is 1. The van der Waals surface area contributed by atoms with Crippen LogP contribution in [0.5, 0.6) is 0 Å². The number of nitrogens with zero attached hydrogens (tertiary/aromatic N) is 1. The maximum Gasteiger partial charge on any atom is 0.0615 e. The number of thiophene rings is 1. The van der Waals surface area contributed by atoms with Gasteiger partial charge < -0.3 is 10.1 Å². The van der Waals surface area contributed by atoms with Crippen LogP contribution in [0.25, 0.3) is 0 Å². The van der Waals surface area contributed by atoms with E-state index in [1.165, 1.54) is 15.3 Å². The molecular weight excluding hydrogens is 232 g/mol. The van der Waals surface area contributed by atoms with E-state index in [4.69, 9.17) is 4.74 Å². The third kappa shape index (κ3) is 4.39. The van der Waals surface area contributed by atoms with Crippen LogP contribution >= 0.6 is 11.3 Å². The lowest BCUT2D eigenvalue weighted by atomic mass is 10.2. The van der Waals surface area contributed by atoms with Gasteiger partial charge in [-0.2, -0.15) is 0 Å². The minimum absolute atomic E-state index is 0.451. The first-order valence-electron chi connectivity index (χ1n) is 6.00. The lowest BCUT2D eigenvalue weighted by Crippen LogP contribution is -2.32. The van der Waals surface area contributed by atoms with Crippen molar-refractivity contribution >= 4 is 11.3 Å². The average Bonchev–Trinajstić information content (AvgIpc) is 2.60. The van der Waals surface area contributed by atoms with Crippen molar-refractivity contribution in [2.45, 2.75) is 33.0 Å². The average molecular weight is 256 g/mol. The minimum Gasteiger partial charge on any atom is -0.383 e. The Balaban J connectivity index is 2.61. The van der Waals surface area contributed by atoms with Gasteiger partial charge in [0.1, 0.15) is 0 Å². The molecule has 1 aromatic rings. The van der Waals surface area contributed by atoms with E-state index in [1.807, 2.05) is 18.4 Å². The van der Waals surface area contributed by atoms with Gasteiger partial charge in [-0.15, -0.1) is 11.3 Å². The number of methoxy groups -OCH3 is 1. The summed E-state index contributed by atoms with van der Waals surface area (Å²) < 4.78 is 5.19. The fourth-order valence-electron chi connectivity index (χ4n) is 1.80. The van der Waals surface area contributed by atoms with Crippen molar-refractivity contribution in [3.63, 3.8) is 0 Å². The summed E-state index contributed by atoms with van der Waals surface area (Å²) in [5.41, 5.74) is 1.44. The fourth-order valence-corrected chi connectivity index (χ4v) is 2.86. The highest BCUT2D eigenvalue weighted by atomic mass is 32.1. The van der Waals surface area contributed by atoms with Gasteiger partial charge in [0, 0.05) is 36.0 Å². The Hall–Kier alpha value is -0.420. The summed E-state index contributed by atoms with van der Waals surface area (Å²) in [4.78, 5) is 5.17. The first-order valence-corrected chi connectivity index (χ1v) is 6.82. The molecule has 3 nitrogen and oxygen atoms in total. The van der Waals surface area contributed by atoms with Gasteiger partial charge in [-0.05, 0) is 39.6 Å². The molecule has 0 saturated heterocycles. The highest BCUT2D eigenvalue weighted by Crippen LogP contribution is 2.23. The second kappa shape index (κ2) is 7.11. The van der Waals surface area contributed by atoms with Crippen LogP contribution in [0.2, 0.25) is 0 Å². The molecule has 0 saturated carbocycles. The molecule has 1 unspecified atom stereocenters. The summed E-state index contributed by atoms with van der Waals surface area (Å²) >= 11 is 1.89. The molecule has 0 aliphatic heterocycles. The third-order valence-corrected chi connectivity index (χ3v) is 4.10. The van der Waals surface area contributed by atoms with E-state index in [2.05, 4.69) is 37.2 Å². The Kier molecular flexibility index (Phi) is 6.12. The van der Waals surface area contributed by atoms with E-state index in [0.717, 1.165) is 19.7 Å². The zero-order valence-electron chi connectivity index (χ0n) is 11.5. The lowest BCUT2D eigenvalue weighted by molar-refractivity contribution is 0.112. The van der Waals surface area contributed by atoms with Crippen LogP contribution in [0.4, 0.5) is 0 Å².